The lowest BCUT2D eigenvalue weighted by Gasteiger charge is -2.14. The zero-order valence-corrected chi connectivity index (χ0v) is 14.5. The third-order valence-corrected chi connectivity index (χ3v) is 4.73. The number of benzene rings is 1. The standard InChI is InChI=1S/C15H9Cl2N3O3S/c1-3-6-20-14-13(24-19-18-14)11(21)10(15(20)22)9-7(16)4-5-8(17)12(9)23-2/h1,4-5,21H,6H2,2H3. The van der Waals surface area contributed by atoms with E-state index in [9.17, 15) is 9.90 Å². The van der Waals surface area contributed by atoms with Crippen LogP contribution in [0.15, 0.2) is 16.9 Å². The number of aromatic hydroxyl groups is 1. The Morgan fingerprint density at radius 3 is 2.75 bits per heavy atom. The highest BCUT2D eigenvalue weighted by atomic mass is 35.5. The van der Waals surface area contributed by atoms with Gasteiger partial charge < -0.3 is 9.84 Å². The van der Waals surface area contributed by atoms with Gasteiger partial charge in [0.1, 0.15) is 10.4 Å². The van der Waals surface area contributed by atoms with Crippen LogP contribution < -0.4 is 10.3 Å². The fraction of sp³-hybridized carbons (Fsp3) is 0.133. The van der Waals surface area contributed by atoms with Crippen LogP contribution in [0.1, 0.15) is 0 Å². The molecule has 0 atom stereocenters. The molecule has 3 aromatic rings. The Morgan fingerprint density at radius 1 is 1.38 bits per heavy atom. The highest BCUT2D eigenvalue weighted by Crippen LogP contribution is 2.45. The Balaban J connectivity index is 2.51. The van der Waals surface area contributed by atoms with Crippen molar-refractivity contribution in [1.82, 2.24) is 14.2 Å². The van der Waals surface area contributed by atoms with E-state index in [1.807, 2.05) is 0 Å². The van der Waals surface area contributed by atoms with Gasteiger partial charge in [-0.1, -0.05) is 33.6 Å². The zero-order valence-electron chi connectivity index (χ0n) is 12.2. The molecule has 1 N–H and O–H groups in total. The molecule has 0 unspecified atom stereocenters. The van der Waals surface area contributed by atoms with Crippen molar-refractivity contribution in [2.75, 3.05) is 7.11 Å². The molecule has 3 rings (SSSR count). The fourth-order valence-electron chi connectivity index (χ4n) is 2.39. The van der Waals surface area contributed by atoms with Crippen molar-refractivity contribution >= 4 is 45.1 Å². The van der Waals surface area contributed by atoms with E-state index < -0.39 is 5.56 Å². The molecule has 2 heterocycles. The first kappa shape index (κ1) is 16.6. The van der Waals surface area contributed by atoms with Gasteiger partial charge in [-0.15, -0.1) is 11.5 Å². The molecule has 0 aliphatic carbocycles. The first-order valence-electron chi connectivity index (χ1n) is 6.54. The molecule has 2 aromatic heterocycles. The molecule has 0 aliphatic heterocycles. The van der Waals surface area contributed by atoms with Crippen molar-refractivity contribution in [3.8, 4) is 35.0 Å². The van der Waals surface area contributed by atoms with Gasteiger partial charge in [-0.05, 0) is 23.7 Å². The van der Waals surface area contributed by atoms with Crippen molar-refractivity contribution in [3.05, 3.63) is 32.5 Å². The van der Waals surface area contributed by atoms with Crippen LogP contribution in [0.2, 0.25) is 10.0 Å². The molecule has 1 aromatic carbocycles. The maximum Gasteiger partial charge on any atom is 0.265 e. The number of rotatable bonds is 3. The molecule has 24 heavy (non-hydrogen) atoms. The molecule has 0 saturated heterocycles. The van der Waals surface area contributed by atoms with Gasteiger partial charge >= 0.3 is 0 Å². The number of hydrogen-bond acceptors (Lipinski definition) is 6. The van der Waals surface area contributed by atoms with Crippen LogP contribution >= 0.6 is 34.7 Å². The monoisotopic (exact) mass is 381 g/mol. The minimum Gasteiger partial charge on any atom is -0.505 e. The summed E-state index contributed by atoms with van der Waals surface area (Å²) in [5.74, 6) is 2.28. The highest BCUT2D eigenvalue weighted by molar-refractivity contribution is 7.13. The Morgan fingerprint density at radius 2 is 2.08 bits per heavy atom. The molecule has 0 fully saturated rings. The number of terminal acetylenes is 1. The van der Waals surface area contributed by atoms with Gasteiger partial charge in [0.15, 0.2) is 11.4 Å². The third-order valence-electron chi connectivity index (χ3n) is 3.40. The normalized spacial score (nSPS) is 10.8. The largest absolute Gasteiger partial charge is 0.505 e. The van der Waals surface area contributed by atoms with Crippen LogP contribution in [0.25, 0.3) is 21.5 Å². The predicted octanol–water partition coefficient (Wildman–Crippen LogP) is 3.17. The van der Waals surface area contributed by atoms with E-state index in [0.29, 0.717) is 4.70 Å². The van der Waals surface area contributed by atoms with E-state index in [1.165, 1.54) is 23.8 Å². The Kier molecular flexibility index (Phi) is 4.37. The van der Waals surface area contributed by atoms with Gasteiger partial charge in [-0.25, -0.2) is 0 Å². The molecule has 0 saturated carbocycles. The van der Waals surface area contributed by atoms with Gasteiger partial charge in [-0.3, -0.25) is 9.36 Å². The van der Waals surface area contributed by atoms with E-state index in [0.717, 1.165) is 11.5 Å². The van der Waals surface area contributed by atoms with E-state index in [1.54, 1.807) is 0 Å². The molecule has 9 heteroatoms. The second-order valence-electron chi connectivity index (χ2n) is 4.68. The molecule has 0 spiro atoms. The number of nitrogens with zero attached hydrogens (tertiary/aromatic N) is 3. The maximum atomic E-state index is 12.9. The molecule has 0 amide bonds. The molecular formula is C15H9Cl2N3O3S. The molecule has 0 bridgehead atoms. The summed E-state index contributed by atoms with van der Waals surface area (Å²) in [5, 5.41) is 14.9. The minimum atomic E-state index is -0.562. The van der Waals surface area contributed by atoms with E-state index in [4.69, 9.17) is 34.4 Å². The lowest BCUT2D eigenvalue weighted by atomic mass is 10.0. The van der Waals surface area contributed by atoms with E-state index in [-0.39, 0.29) is 44.9 Å². The topological polar surface area (TPSA) is 77.2 Å². The van der Waals surface area contributed by atoms with Crippen LogP contribution in [-0.4, -0.2) is 26.4 Å². The first-order chi connectivity index (χ1) is 11.5. The zero-order chi connectivity index (χ0) is 17.4. The molecule has 0 aliphatic rings. The van der Waals surface area contributed by atoms with Gasteiger partial charge in [-0.2, -0.15) is 0 Å². The number of pyridine rings is 1. The summed E-state index contributed by atoms with van der Waals surface area (Å²) in [5.41, 5.74) is -0.224. The summed E-state index contributed by atoms with van der Waals surface area (Å²) in [6.45, 7) is -0.0332. The average Bonchev–Trinajstić information content (AvgIpc) is 3.04. The maximum absolute atomic E-state index is 12.9. The summed E-state index contributed by atoms with van der Waals surface area (Å²) in [6.07, 6.45) is 5.34. The molecule has 0 radical (unpaired) electrons. The third kappa shape index (κ3) is 2.40. The van der Waals surface area contributed by atoms with Gasteiger partial charge in [0.2, 0.25) is 0 Å². The van der Waals surface area contributed by atoms with E-state index in [2.05, 4.69) is 15.5 Å². The number of hydrogen-bond donors (Lipinski definition) is 1. The Hall–Kier alpha value is -2.27. The Bertz CT molecular complexity index is 1050. The fourth-order valence-corrected chi connectivity index (χ4v) is 3.49. The van der Waals surface area contributed by atoms with Crippen LogP contribution in [0.3, 0.4) is 0 Å². The molecule has 6 nitrogen and oxygen atoms in total. The number of fused-ring (bicyclic) bond motifs is 1. The SMILES string of the molecule is C#CCn1c(=O)c(-c2c(Cl)ccc(Cl)c2OC)c(O)c2snnc21. The Labute approximate surface area is 150 Å². The smallest absolute Gasteiger partial charge is 0.265 e. The first-order valence-corrected chi connectivity index (χ1v) is 8.07. The number of aromatic nitrogens is 3. The summed E-state index contributed by atoms with van der Waals surface area (Å²) < 4.78 is 10.6. The number of ether oxygens (including phenoxy) is 1. The summed E-state index contributed by atoms with van der Waals surface area (Å²) in [6, 6.07) is 3.05. The minimum absolute atomic E-state index is 0.0332. The van der Waals surface area contributed by atoms with Crippen molar-refractivity contribution in [2.24, 2.45) is 0 Å². The summed E-state index contributed by atoms with van der Waals surface area (Å²) in [4.78, 5) is 12.9. The molecule has 122 valence electrons. The summed E-state index contributed by atoms with van der Waals surface area (Å²) >= 11 is 13.3. The second kappa shape index (κ2) is 6.32. The van der Waals surface area contributed by atoms with Crippen LogP contribution in [0.5, 0.6) is 11.5 Å². The van der Waals surface area contributed by atoms with Gasteiger partial charge in [0, 0.05) is 0 Å². The van der Waals surface area contributed by atoms with Crippen molar-refractivity contribution < 1.29 is 9.84 Å². The predicted molar refractivity (Wildman–Crippen MR) is 94.2 cm³/mol. The van der Waals surface area contributed by atoms with Crippen molar-refractivity contribution in [3.63, 3.8) is 0 Å². The average molecular weight is 382 g/mol. The summed E-state index contributed by atoms with van der Waals surface area (Å²) in [7, 11) is 1.39. The number of halogens is 2. The lowest BCUT2D eigenvalue weighted by molar-refractivity contribution is 0.416. The van der Waals surface area contributed by atoms with Gasteiger partial charge in [0.25, 0.3) is 5.56 Å². The van der Waals surface area contributed by atoms with E-state index >= 15 is 0 Å². The lowest BCUT2D eigenvalue weighted by Crippen LogP contribution is -2.22. The number of methoxy groups -OCH3 is 1. The van der Waals surface area contributed by atoms with Crippen LogP contribution in [-0.2, 0) is 6.54 Å². The van der Waals surface area contributed by atoms with Crippen molar-refractivity contribution in [2.45, 2.75) is 6.54 Å². The second-order valence-corrected chi connectivity index (χ2v) is 6.25. The van der Waals surface area contributed by atoms with Crippen LogP contribution in [0.4, 0.5) is 0 Å². The quantitative estimate of drug-likeness (QED) is 0.705. The molecular weight excluding hydrogens is 373 g/mol. The van der Waals surface area contributed by atoms with Crippen LogP contribution in [0, 0.1) is 12.3 Å². The highest BCUT2D eigenvalue weighted by Gasteiger charge is 2.25. The van der Waals surface area contributed by atoms with Gasteiger partial charge in [0.05, 0.1) is 34.8 Å². The van der Waals surface area contributed by atoms with Crippen molar-refractivity contribution in [1.29, 1.82) is 0 Å².